The maximum atomic E-state index is 13.4. The molecule has 2 heterocycles. The van der Waals surface area contributed by atoms with Gasteiger partial charge in [0.1, 0.15) is 5.58 Å². The molecule has 1 fully saturated rings. The van der Waals surface area contributed by atoms with Crippen molar-refractivity contribution in [2.75, 3.05) is 11.5 Å². The first-order valence-electron chi connectivity index (χ1n) is 10.4. The first-order chi connectivity index (χ1) is 14.8. The van der Waals surface area contributed by atoms with Crippen LogP contribution in [0.15, 0.2) is 57.7 Å². The van der Waals surface area contributed by atoms with Crippen LogP contribution in [0.25, 0.3) is 11.0 Å². The Bertz CT molecular complexity index is 1290. The minimum atomic E-state index is -3.19. The van der Waals surface area contributed by atoms with Crippen LogP contribution in [0.4, 0.5) is 0 Å². The quantitative estimate of drug-likeness (QED) is 0.608. The number of aryl methyl sites for hydroxylation is 2. The van der Waals surface area contributed by atoms with Crippen LogP contribution in [-0.2, 0) is 22.8 Å². The largest absolute Gasteiger partial charge is 0.451 e. The fourth-order valence-electron chi connectivity index (χ4n) is 3.95. The van der Waals surface area contributed by atoms with Crippen molar-refractivity contribution in [3.8, 4) is 0 Å². The van der Waals surface area contributed by atoms with Crippen LogP contribution < -0.4 is 5.43 Å². The fourth-order valence-corrected chi connectivity index (χ4v) is 5.68. The second-order valence-electron chi connectivity index (χ2n) is 8.13. The highest BCUT2D eigenvalue weighted by Crippen LogP contribution is 2.24. The number of hydrogen-bond acceptors (Lipinski definition) is 5. The van der Waals surface area contributed by atoms with E-state index in [-0.39, 0.29) is 29.2 Å². The van der Waals surface area contributed by atoms with Crippen LogP contribution in [0.2, 0.25) is 0 Å². The van der Waals surface area contributed by atoms with E-state index in [1.807, 2.05) is 44.2 Å². The van der Waals surface area contributed by atoms with Crippen LogP contribution in [0.1, 0.15) is 40.6 Å². The Kier molecular flexibility index (Phi) is 5.71. The zero-order chi connectivity index (χ0) is 22.2. The first kappa shape index (κ1) is 21.3. The lowest BCUT2D eigenvalue weighted by Gasteiger charge is -2.28. The van der Waals surface area contributed by atoms with Crippen LogP contribution >= 0.6 is 0 Å². The highest BCUT2D eigenvalue weighted by molar-refractivity contribution is 7.91. The van der Waals surface area contributed by atoms with Crippen molar-refractivity contribution in [3.63, 3.8) is 0 Å². The number of hydrogen-bond donors (Lipinski definition) is 0. The minimum absolute atomic E-state index is 0.0524. The molecule has 1 aliphatic heterocycles. The molecule has 1 aliphatic rings. The van der Waals surface area contributed by atoms with Crippen LogP contribution in [0.3, 0.4) is 0 Å². The molecule has 0 N–H and O–H groups in total. The van der Waals surface area contributed by atoms with E-state index in [0.29, 0.717) is 17.4 Å². The molecular weight excluding hydrogens is 414 g/mol. The highest BCUT2D eigenvalue weighted by Gasteiger charge is 2.36. The van der Waals surface area contributed by atoms with Crippen molar-refractivity contribution in [2.45, 2.75) is 39.3 Å². The average molecular weight is 440 g/mol. The van der Waals surface area contributed by atoms with Gasteiger partial charge in [0.05, 0.1) is 16.9 Å². The molecule has 0 spiro atoms. The molecule has 1 amide bonds. The zero-order valence-electron chi connectivity index (χ0n) is 17.6. The smallest absolute Gasteiger partial charge is 0.290 e. The Hall–Kier alpha value is -2.93. The van der Waals surface area contributed by atoms with E-state index in [0.717, 1.165) is 23.1 Å². The maximum absolute atomic E-state index is 13.4. The van der Waals surface area contributed by atoms with E-state index in [1.54, 1.807) is 12.1 Å². The molecule has 7 heteroatoms. The Labute approximate surface area is 181 Å². The Balaban J connectivity index is 1.72. The van der Waals surface area contributed by atoms with Gasteiger partial charge in [-0.1, -0.05) is 42.8 Å². The topological polar surface area (TPSA) is 84.7 Å². The number of carbonyl (C=O) groups is 1. The normalized spacial score (nSPS) is 17.7. The summed E-state index contributed by atoms with van der Waals surface area (Å²) in [6, 6.07) is 13.9. The summed E-state index contributed by atoms with van der Waals surface area (Å²) >= 11 is 0. The molecule has 3 aromatic rings. The molecule has 2 aromatic carbocycles. The SMILES string of the molecule is CCc1ccc2oc(C(=O)N(Cc3ccc(C)cc3)C3CCS(=O)(=O)C3)cc(=O)c2c1. The number of carbonyl (C=O) groups excluding carboxylic acids is 1. The third kappa shape index (κ3) is 4.56. The van der Waals surface area contributed by atoms with E-state index in [9.17, 15) is 18.0 Å². The van der Waals surface area contributed by atoms with Crippen molar-refractivity contribution < 1.29 is 17.6 Å². The second-order valence-corrected chi connectivity index (χ2v) is 10.4. The molecule has 0 aliphatic carbocycles. The molecule has 162 valence electrons. The Morgan fingerprint density at radius 2 is 1.81 bits per heavy atom. The molecule has 31 heavy (non-hydrogen) atoms. The van der Waals surface area contributed by atoms with Gasteiger partial charge in [-0.2, -0.15) is 0 Å². The summed E-state index contributed by atoms with van der Waals surface area (Å²) in [7, 11) is -3.19. The molecule has 0 bridgehead atoms. The van der Waals surface area contributed by atoms with Gasteiger partial charge in [-0.3, -0.25) is 9.59 Å². The van der Waals surface area contributed by atoms with Crippen molar-refractivity contribution in [2.24, 2.45) is 0 Å². The van der Waals surface area contributed by atoms with E-state index in [1.165, 1.54) is 11.0 Å². The van der Waals surface area contributed by atoms with Crippen LogP contribution in [0.5, 0.6) is 0 Å². The number of amides is 1. The van der Waals surface area contributed by atoms with Gasteiger partial charge in [-0.05, 0) is 43.0 Å². The predicted molar refractivity (Wildman–Crippen MR) is 120 cm³/mol. The monoisotopic (exact) mass is 439 g/mol. The number of rotatable bonds is 5. The van der Waals surface area contributed by atoms with Gasteiger partial charge >= 0.3 is 0 Å². The summed E-state index contributed by atoms with van der Waals surface area (Å²) in [5.41, 5.74) is 3.06. The predicted octanol–water partition coefficient (Wildman–Crippen LogP) is 3.49. The average Bonchev–Trinajstić information content (AvgIpc) is 3.12. The lowest BCUT2D eigenvalue weighted by atomic mass is 10.1. The number of fused-ring (bicyclic) bond motifs is 1. The summed E-state index contributed by atoms with van der Waals surface area (Å²) in [6.07, 6.45) is 1.16. The number of nitrogens with zero attached hydrogens (tertiary/aromatic N) is 1. The maximum Gasteiger partial charge on any atom is 0.290 e. The van der Waals surface area contributed by atoms with E-state index in [4.69, 9.17) is 4.42 Å². The van der Waals surface area contributed by atoms with Gasteiger partial charge in [0.15, 0.2) is 21.0 Å². The summed E-state index contributed by atoms with van der Waals surface area (Å²) < 4.78 is 30.0. The second kappa shape index (κ2) is 8.30. The van der Waals surface area contributed by atoms with Crippen molar-refractivity contribution >= 4 is 26.7 Å². The molecular formula is C24H25NO5S. The summed E-state index contributed by atoms with van der Waals surface area (Å²) in [4.78, 5) is 27.6. The van der Waals surface area contributed by atoms with Crippen molar-refractivity contribution in [1.29, 1.82) is 0 Å². The van der Waals surface area contributed by atoms with Gasteiger partial charge in [0.25, 0.3) is 5.91 Å². The first-order valence-corrected chi connectivity index (χ1v) is 12.2. The third-order valence-corrected chi connectivity index (χ3v) is 7.54. The molecule has 1 atom stereocenters. The Morgan fingerprint density at radius 3 is 2.45 bits per heavy atom. The lowest BCUT2D eigenvalue weighted by Crippen LogP contribution is -2.40. The van der Waals surface area contributed by atoms with Gasteiger partial charge in [-0.15, -0.1) is 0 Å². The van der Waals surface area contributed by atoms with E-state index >= 15 is 0 Å². The standard InChI is InChI=1S/C24H25NO5S/c1-3-17-8-9-22-20(12-17)21(26)13-23(30-22)24(27)25(19-10-11-31(28,29)15-19)14-18-6-4-16(2)5-7-18/h4-9,12-13,19H,3,10-11,14-15H2,1-2H3. The van der Waals surface area contributed by atoms with E-state index in [2.05, 4.69) is 0 Å². The molecule has 0 radical (unpaired) electrons. The molecule has 1 unspecified atom stereocenters. The van der Waals surface area contributed by atoms with Gasteiger partial charge < -0.3 is 9.32 Å². The Morgan fingerprint density at radius 1 is 1.10 bits per heavy atom. The van der Waals surface area contributed by atoms with Crippen molar-refractivity contribution in [1.82, 2.24) is 4.90 Å². The van der Waals surface area contributed by atoms with Gasteiger partial charge in [0, 0.05) is 18.7 Å². The third-order valence-electron chi connectivity index (χ3n) is 5.79. The summed E-state index contributed by atoms with van der Waals surface area (Å²) in [5.74, 6) is -0.571. The molecule has 1 saturated heterocycles. The molecule has 0 saturated carbocycles. The number of benzene rings is 2. The van der Waals surface area contributed by atoms with Crippen LogP contribution in [0, 0.1) is 6.92 Å². The van der Waals surface area contributed by atoms with Crippen molar-refractivity contribution in [3.05, 3.63) is 81.2 Å². The zero-order valence-corrected chi connectivity index (χ0v) is 18.4. The summed E-state index contributed by atoms with van der Waals surface area (Å²) in [5, 5.41) is 0.435. The molecule has 6 nitrogen and oxygen atoms in total. The van der Waals surface area contributed by atoms with Crippen LogP contribution in [-0.4, -0.2) is 36.8 Å². The highest BCUT2D eigenvalue weighted by atomic mass is 32.2. The molecule has 1 aromatic heterocycles. The fraction of sp³-hybridized carbons (Fsp3) is 0.333. The van der Waals surface area contributed by atoms with Gasteiger partial charge in [0.2, 0.25) is 0 Å². The van der Waals surface area contributed by atoms with E-state index < -0.39 is 21.8 Å². The minimum Gasteiger partial charge on any atom is -0.451 e. The molecule has 4 rings (SSSR count). The summed E-state index contributed by atoms with van der Waals surface area (Å²) in [6.45, 7) is 4.22. The lowest BCUT2D eigenvalue weighted by molar-refractivity contribution is 0.0648. The van der Waals surface area contributed by atoms with Gasteiger partial charge in [-0.25, -0.2) is 8.42 Å². The number of sulfone groups is 1.